The molecule has 0 aliphatic carbocycles. The van der Waals surface area contributed by atoms with Crippen molar-refractivity contribution in [1.29, 1.82) is 0 Å². The predicted octanol–water partition coefficient (Wildman–Crippen LogP) is 3.46. The molecule has 0 amide bonds. The number of hydrogen-bond acceptors (Lipinski definition) is 1. The maximum atomic E-state index is 13.0. The van der Waals surface area contributed by atoms with E-state index in [1.54, 1.807) is 18.7 Å². The lowest BCUT2D eigenvalue weighted by atomic mass is 10.2. The molecule has 1 aromatic rings. The zero-order chi connectivity index (χ0) is 8.43. The summed E-state index contributed by atoms with van der Waals surface area (Å²) in [5.41, 5.74) is 0.723. The van der Waals surface area contributed by atoms with Crippen molar-refractivity contribution in [2.45, 2.75) is 11.8 Å². The Labute approximate surface area is 83.7 Å². The third-order valence-electron chi connectivity index (χ3n) is 1.42. The van der Waals surface area contributed by atoms with Crippen LogP contribution in [0.1, 0.15) is 5.56 Å². The van der Waals surface area contributed by atoms with E-state index in [4.69, 9.17) is 0 Å². The summed E-state index contributed by atoms with van der Waals surface area (Å²) in [5.74, 6) is -0.0941. The minimum atomic E-state index is -0.0941. The summed E-state index contributed by atoms with van der Waals surface area (Å²) < 4.78 is 13.7. The molecule has 0 fully saturated rings. The van der Waals surface area contributed by atoms with Crippen LogP contribution in [-0.4, -0.2) is 6.26 Å². The molecule has 0 radical (unpaired) electrons. The van der Waals surface area contributed by atoms with Gasteiger partial charge < -0.3 is 0 Å². The molecule has 11 heavy (non-hydrogen) atoms. The summed E-state index contributed by atoms with van der Waals surface area (Å²) in [6.45, 7) is 1.79. The van der Waals surface area contributed by atoms with Crippen LogP contribution in [0.15, 0.2) is 17.0 Å². The van der Waals surface area contributed by atoms with Crippen molar-refractivity contribution < 1.29 is 4.39 Å². The zero-order valence-electron chi connectivity index (χ0n) is 6.32. The van der Waals surface area contributed by atoms with Crippen molar-refractivity contribution in [2.75, 3.05) is 6.26 Å². The van der Waals surface area contributed by atoms with Gasteiger partial charge in [0.05, 0.1) is 3.57 Å². The molecule has 0 aliphatic rings. The molecule has 0 saturated heterocycles. The second kappa shape index (κ2) is 3.76. The van der Waals surface area contributed by atoms with E-state index in [0.717, 1.165) is 10.5 Å². The quantitative estimate of drug-likeness (QED) is 0.561. The first kappa shape index (κ1) is 9.32. The van der Waals surface area contributed by atoms with Gasteiger partial charge in [-0.15, -0.1) is 11.8 Å². The normalized spacial score (nSPS) is 10.2. The minimum Gasteiger partial charge on any atom is -0.206 e. The molecular weight excluding hydrogens is 274 g/mol. The van der Waals surface area contributed by atoms with Crippen molar-refractivity contribution in [3.8, 4) is 0 Å². The van der Waals surface area contributed by atoms with E-state index in [9.17, 15) is 4.39 Å². The molecule has 0 aromatic heterocycles. The van der Waals surface area contributed by atoms with E-state index >= 15 is 0 Å². The van der Waals surface area contributed by atoms with E-state index in [-0.39, 0.29) is 5.82 Å². The number of rotatable bonds is 1. The first-order chi connectivity index (χ1) is 5.15. The topological polar surface area (TPSA) is 0 Å². The fourth-order valence-electron chi connectivity index (χ4n) is 0.813. The van der Waals surface area contributed by atoms with E-state index in [1.807, 2.05) is 41.0 Å². The molecule has 0 heterocycles. The summed E-state index contributed by atoms with van der Waals surface area (Å²) in [4.78, 5) is 1.12. The predicted molar refractivity (Wildman–Crippen MR) is 55.6 cm³/mol. The van der Waals surface area contributed by atoms with Crippen molar-refractivity contribution in [3.63, 3.8) is 0 Å². The Bertz CT molecular complexity index is 250. The first-order valence-corrected chi connectivity index (χ1v) is 5.45. The van der Waals surface area contributed by atoms with Gasteiger partial charge in [-0.1, -0.05) is 0 Å². The molecule has 0 spiro atoms. The number of hydrogen-bond donors (Lipinski definition) is 0. The van der Waals surface area contributed by atoms with E-state index in [2.05, 4.69) is 0 Å². The molecule has 0 N–H and O–H groups in total. The number of thioether (sulfide) groups is 1. The van der Waals surface area contributed by atoms with Crippen molar-refractivity contribution in [3.05, 3.63) is 27.1 Å². The SMILES string of the molecule is CSc1cc(C)c(F)c(I)c1. The molecule has 0 unspecified atom stereocenters. The van der Waals surface area contributed by atoms with E-state index in [1.165, 1.54) is 0 Å². The summed E-state index contributed by atoms with van der Waals surface area (Å²) in [7, 11) is 0. The van der Waals surface area contributed by atoms with Gasteiger partial charge in [0.15, 0.2) is 0 Å². The third-order valence-corrected chi connectivity index (χ3v) is 2.91. The molecule has 0 atom stereocenters. The highest BCUT2D eigenvalue weighted by Crippen LogP contribution is 2.22. The van der Waals surface area contributed by atoms with E-state index in [0.29, 0.717) is 3.57 Å². The Morgan fingerprint density at radius 1 is 1.45 bits per heavy atom. The Kier molecular flexibility index (Phi) is 3.18. The van der Waals surface area contributed by atoms with Crippen LogP contribution in [-0.2, 0) is 0 Å². The Morgan fingerprint density at radius 3 is 2.55 bits per heavy atom. The molecule has 1 rings (SSSR count). The average molecular weight is 282 g/mol. The highest BCUT2D eigenvalue weighted by molar-refractivity contribution is 14.1. The van der Waals surface area contributed by atoms with Gasteiger partial charge in [-0.3, -0.25) is 0 Å². The molecular formula is C8H8FIS. The fraction of sp³-hybridized carbons (Fsp3) is 0.250. The molecule has 0 aliphatic heterocycles. The van der Waals surface area contributed by atoms with E-state index < -0.39 is 0 Å². The molecule has 0 nitrogen and oxygen atoms in total. The molecule has 1 aromatic carbocycles. The summed E-state index contributed by atoms with van der Waals surface area (Å²) >= 11 is 3.64. The van der Waals surface area contributed by atoms with Crippen LogP contribution in [0.4, 0.5) is 4.39 Å². The van der Waals surface area contributed by atoms with Gasteiger partial charge >= 0.3 is 0 Å². The first-order valence-electron chi connectivity index (χ1n) is 3.15. The summed E-state index contributed by atoms with van der Waals surface area (Å²) in [5, 5.41) is 0. The highest BCUT2D eigenvalue weighted by Gasteiger charge is 2.03. The molecule has 0 bridgehead atoms. The van der Waals surface area contributed by atoms with Crippen molar-refractivity contribution in [2.24, 2.45) is 0 Å². The van der Waals surface area contributed by atoms with Crippen molar-refractivity contribution >= 4 is 34.4 Å². The van der Waals surface area contributed by atoms with Crippen LogP contribution >= 0.6 is 34.4 Å². The number of benzene rings is 1. The van der Waals surface area contributed by atoms with Crippen LogP contribution in [0.25, 0.3) is 0 Å². The smallest absolute Gasteiger partial charge is 0.139 e. The van der Waals surface area contributed by atoms with Gasteiger partial charge in [-0.05, 0) is 53.5 Å². The van der Waals surface area contributed by atoms with Gasteiger partial charge in [-0.2, -0.15) is 0 Å². The van der Waals surface area contributed by atoms with Crippen LogP contribution in [0.2, 0.25) is 0 Å². The number of aryl methyl sites for hydroxylation is 1. The maximum absolute atomic E-state index is 13.0. The molecule has 0 saturated carbocycles. The van der Waals surface area contributed by atoms with Gasteiger partial charge in [0.1, 0.15) is 5.82 Å². The zero-order valence-corrected chi connectivity index (χ0v) is 9.29. The van der Waals surface area contributed by atoms with Gasteiger partial charge in [0, 0.05) is 4.90 Å². The second-order valence-electron chi connectivity index (χ2n) is 2.24. The Hall–Kier alpha value is 0.230. The Balaban J connectivity index is 3.21. The third kappa shape index (κ3) is 2.08. The largest absolute Gasteiger partial charge is 0.206 e. The monoisotopic (exact) mass is 282 g/mol. The lowest BCUT2D eigenvalue weighted by Crippen LogP contribution is -1.87. The number of halogens is 2. The lowest BCUT2D eigenvalue weighted by Gasteiger charge is -2.02. The highest BCUT2D eigenvalue weighted by atomic mass is 127. The molecule has 60 valence electrons. The van der Waals surface area contributed by atoms with Crippen LogP contribution in [0.5, 0.6) is 0 Å². The van der Waals surface area contributed by atoms with Gasteiger partial charge in [0.2, 0.25) is 0 Å². The Morgan fingerprint density at radius 2 is 2.09 bits per heavy atom. The average Bonchev–Trinajstić information content (AvgIpc) is 1.99. The standard InChI is InChI=1S/C8H8FIS/c1-5-3-6(11-2)4-7(10)8(5)9/h3-4H,1-2H3. The van der Waals surface area contributed by atoms with Crippen LogP contribution in [0, 0.1) is 16.3 Å². The second-order valence-corrected chi connectivity index (χ2v) is 4.28. The van der Waals surface area contributed by atoms with Crippen LogP contribution < -0.4 is 0 Å². The summed E-state index contributed by atoms with van der Waals surface area (Å²) in [6.07, 6.45) is 1.99. The minimum absolute atomic E-state index is 0.0941. The lowest BCUT2D eigenvalue weighted by molar-refractivity contribution is 0.609. The van der Waals surface area contributed by atoms with Crippen LogP contribution in [0.3, 0.4) is 0 Å². The van der Waals surface area contributed by atoms with Crippen molar-refractivity contribution in [1.82, 2.24) is 0 Å². The fourth-order valence-corrected chi connectivity index (χ4v) is 2.32. The summed E-state index contributed by atoms with van der Waals surface area (Å²) in [6, 6.07) is 3.72. The van der Waals surface area contributed by atoms with Gasteiger partial charge in [-0.25, -0.2) is 4.39 Å². The van der Waals surface area contributed by atoms with Gasteiger partial charge in [0.25, 0.3) is 0 Å². The molecule has 3 heteroatoms. The maximum Gasteiger partial charge on any atom is 0.139 e.